The normalized spacial score (nSPS) is 10.5. The van der Waals surface area contributed by atoms with E-state index in [9.17, 15) is 0 Å². The van der Waals surface area contributed by atoms with Crippen LogP contribution in [0.2, 0.25) is 10.0 Å². The molecule has 88 valence electrons. The summed E-state index contributed by atoms with van der Waals surface area (Å²) < 4.78 is 0. The van der Waals surface area contributed by atoms with E-state index in [1.54, 1.807) is 18.0 Å². The van der Waals surface area contributed by atoms with E-state index in [1.165, 1.54) is 0 Å². The molecule has 2 N–H and O–H groups in total. The summed E-state index contributed by atoms with van der Waals surface area (Å²) in [5, 5.41) is 0.974. The van der Waals surface area contributed by atoms with E-state index in [0.29, 0.717) is 15.7 Å². The number of pyridine rings is 1. The molecule has 0 aliphatic rings. The Bertz CT molecular complexity index is 494. The smallest absolute Gasteiger partial charge is 0.0693 e. The van der Waals surface area contributed by atoms with Crippen molar-refractivity contribution in [2.75, 3.05) is 5.73 Å². The largest absolute Gasteiger partial charge is 0.396 e. The first-order valence-electron chi connectivity index (χ1n) is 4.94. The maximum Gasteiger partial charge on any atom is 0.0693 e. The molecule has 0 saturated carbocycles. The van der Waals surface area contributed by atoms with Crippen LogP contribution < -0.4 is 5.73 Å². The number of nitrogen functional groups attached to an aromatic ring is 1. The van der Waals surface area contributed by atoms with Crippen molar-refractivity contribution < 1.29 is 0 Å². The Morgan fingerprint density at radius 1 is 1.18 bits per heavy atom. The quantitative estimate of drug-likeness (QED) is 0.676. The minimum Gasteiger partial charge on any atom is -0.396 e. The topological polar surface area (TPSA) is 38.9 Å². The molecule has 0 aliphatic carbocycles. The third kappa shape index (κ3) is 3.28. The second-order valence-corrected chi connectivity index (χ2v) is 5.27. The molecular formula is C12H10Cl2N2S. The van der Waals surface area contributed by atoms with Gasteiger partial charge in [0, 0.05) is 16.8 Å². The average Bonchev–Trinajstić information content (AvgIpc) is 2.34. The number of anilines is 1. The Hall–Kier alpha value is -0.900. The van der Waals surface area contributed by atoms with Crippen LogP contribution in [0.4, 0.5) is 5.69 Å². The van der Waals surface area contributed by atoms with Crippen LogP contribution in [-0.2, 0) is 5.75 Å². The summed E-state index contributed by atoms with van der Waals surface area (Å²) in [6.45, 7) is 0. The predicted molar refractivity (Wildman–Crippen MR) is 74.7 cm³/mol. The summed E-state index contributed by atoms with van der Waals surface area (Å²) in [4.78, 5) is 5.23. The lowest BCUT2D eigenvalue weighted by Crippen LogP contribution is -1.89. The van der Waals surface area contributed by atoms with Crippen LogP contribution in [-0.4, -0.2) is 4.98 Å². The van der Waals surface area contributed by atoms with Gasteiger partial charge in [-0.15, -0.1) is 11.8 Å². The van der Waals surface area contributed by atoms with E-state index in [4.69, 9.17) is 28.9 Å². The fraction of sp³-hybridized carbons (Fsp3) is 0.0833. The third-order valence-corrected chi connectivity index (χ3v) is 3.80. The Morgan fingerprint density at radius 2 is 1.88 bits per heavy atom. The summed E-state index contributed by atoms with van der Waals surface area (Å²) >= 11 is 13.5. The molecule has 0 bridgehead atoms. The molecule has 0 fully saturated rings. The van der Waals surface area contributed by atoms with Crippen LogP contribution in [0.3, 0.4) is 0 Å². The van der Waals surface area contributed by atoms with E-state index >= 15 is 0 Å². The Kier molecular flexibility index (Phi) is 4.15. The highest BCUT2D eigenvalue weighted by Crippen LogP contribution is 2.33. The molecule has 1 aromatic heterocycles. The lowest BCUT2D eigenvalue weighted by molar-refractivity contribution is 1.17. The molecule has 0 aliphatic heterocycles. The molecule has 5 heteroatoms. The van der Waals surface area contributed by atoms with Gasteiger partial charge in [0.1, 0.15) is 0 Å². The predicted octanol–water partition coefficient (Wildman–Crippen LogP) is 4.26. The van der Waals surface area contributed by atoms with Crippen LogP contribution in [0.25, 0.3) is 0 Å². The van der Waals surface area contributed by atoms with Gasteiger partial charge in [0.25, 0.3) is 0 Å². The Morgan fingerprint density at radius 3 is 2.47 bits per heavy atom. The van der Waals surface area contributed by atoms with E-state index in [2.05, 4.69) is 4.98 Å². The van der Waals surface area contributed by atoms with Crippen LogP contribution in [0.1, 0.15) is 5.69 Å². The summed E-state index contributed by atoms with van der Waals surface area (Å²) in [5.74, 6) is 0.775. The molecular weight excluding hydrogens is 275 g/mol. The van der Waals surface area contributed by atoms with Gasteiger partial charge in [0.05, 0.1) is 21.4 Å². The molecule has 2 aromatic rings. The lowest BCUT2D eigenvalue weighted by atomic mass is 10.3. The number of thioether (sulfide) groups is 1. The van der Waals surface area contributed by atoms with Crippen molar-refractivity contribution in [1.82, 2.24) is 4.98 Å². The zero-order valence-corrected chi connectivity index (χ0v) is 11.2. The number of nitrogens with zero attached hydrogens (tertiary/aromatic N) is 1. The maximum absolute atomic E-state index is 5.96. The van der Waals surface area contributed by atoms with Gasteiger partial charge in [-0.1, -0.05) is 29.3 Å². The molecule has 17 heavy (non-hydrogen) atoms. The number of hydrogen-bond acceptors (Lipinski definition) is 3. The number of nitrogens with two attached hydrogens (primary N) is 1. The van der Waals surface area contributed by atoms with Gasteiger partial charge >= 0.3 is 0 Å². The van der Waals surface area contributed by atoms with E-state index in [-0.39, 0.29) is 0 Å². The number of rotatable bonds is 3. The fourth-order valence-corrected chi connectivity index (χ4v) is 2.79. The van der Waals surface area contributed by atoms with Gasteiger partial charge in [-0.3, -0.25) is 4.98 Å². The first-order chi connectivity index (χ1) is 8.16. The molecule has 2 rings (SSSR count). The molecule has 1 heterocycles. The molecule has 0 unspecified atom stereocenters. The summed E-state index contributed by atoms with van der Waals surface area (Å²) in [5.41, 5.74) is 7.11. The minimum atomic E-state index is 0.426. The lowest BCUT2D eigenvalue weighted by Gasteiger charge is -2.06. The molecule has 0 saturated heterocycles. The Balaban J connectivity index is 2.10. The standard InChI is InChI=1S/C12H10Cl2N2S/c13-10-5-9(6-11(14)12(10)15)17-7-8-3-1-2-4-16-8/h1-6H,7,15H2. The van der Waals surface area contributed by atoms with Crippen LogP contribution in [0.5, 0.6) is 0 Å². The van der Waals surface area contributed by atoms with E-state index < -0.39 is 0 Å². The number of aromatic nitrogens is 1. The third-order valence-electron chi connectivity index (χ3n) is 2.17. The van der Waals surface area contributed by atoms with Gasteiger partial charge in [0.15, 0.2) is 0 Å². The van der Waals surface area contributed by atoms with Crippen molar-refractivity contribution in [1.29, 1.82) is 0 Å². The first-order valence-corrected chi connectivity index (χ1v) is 6.68. The van der Waals surface area contributed by atoms with Crippen molar-refractivity contribution in [3.05, 3.63) is 52.3 Å². The number of halogens is 2. The van der Waals surface area contributed by atoms with Crippen LogP contribution in [0.15, 0.2) is 41.4 Å². The van der Waals surface area contributed by atoms with Gasteiger partial charge in [-0.2, -0.15) is 0 Å². The molecule has 0 spiro atoms. The van der Waals surface area contributed by atoms with Crippen LogP contribution >= 0.6 is 35.0 Å². The molecule has 2 nitrogen and oxygen atoms in total. The highest BCUT2D eigenvalue weighted by atomic mass is 35.5. The van der Waals surface area contributed by atoms with Crippen molar-refractivity contribution in [3.8, 4) is 0 Å². The van der Waals surface area contributed by atoms with Crippen LogP contribution in [0, 0.1) is 0 Å². The fourth-order valence-electron chi connectivity index (χ4n) is 1.29. The van der Waals surface area contributed by atoms with Crippen molar-refractivity contribution >= 4 is 40.7 Å². The number of hydrogen-bond donors (Lipinski definition) is 1. The minimum absolute atomic E-state index is 0.426. The van der Waals surface area contributed by atoms with Crippen molar-refractivity contribution in [2.45, 2.75) is 10.6 Å². The summed E-state index contributed by atoms with van der Waals surface area (Å²) in [6.07, 6.45) is 1.78. The maximum atomic E-state index is 5.96. The van der Waals surface area contributed by atoms with Crippen molar-refractivity contribution in [3.63, 3.8) is 0 Å². The zero-order chi connectivity index (χ0) is 12.3. The van der Waals surface area contributed by atoms with Gasteiger partial charge < -0.3 is 5.73 Å². The first kappa shape index (κ1) is 12.6. The Labute approximate surface area is 114 Å². The molecule has 0 radical (unpaired) electrons. The average molecular weight is 285 g/mol. The second-order valence-electron chi connectivity index (χ2n) is 3.41. The van der Waals surface area contributed by atoms with Gasteiger partial charge in [0.2, 0.25) is 0 Å². The zero-order valence-electron chi connectivity index (χ0n) is 8.86. The molecule has 0 amide bonds. The molecule has 0 atom stereocenters. The van der Waals surface area contributed by atoms with Crippen molar-refractivity contribution in [2.24, 2.45) is 0 Å². The molecule has 1 aromatic carbocycles. The van der Waals surface area contributed by atoms with Gasteiger partial charge in [-0.05, 0) is 24.3 Å². The summed E-state index contributed by atoms with van der Waals surface area (Å²) in [6, 6.07) is 9.47. The highest BCUT2D eigenvalue weighted by molar-refractivity contribution is 7.98. The highest BCUT2D eigenvalue weighted by Gasteiger charge is 2.05. The summed E-state index contributed by atoms with van der Waals surface area (Å²) in [7, 11) is 0. The van der Waals surface area contributed by atoms with E-state index in [0.717, 1.165) is 16.3 Å². The second kappa shape index (κ2) is 5.63. The van der Waals surface area contributed by atoms with Gasteiger partial charge in [-0.25, -0.2) is 0 Å². The van der Waals surface area contributed by atoms with E-state index in [1.807, 2.05) is 30.3 Å². The SMILES string of the molecule is Nc1c(Cl)cc(SCc2ccccn2)cc1Cl. The monoisotopic (exact) mass is 284 g/mol. The number of benzene rings is 1.